The zero-order chi connectivity index (χ0) is 18.5. The average Bonchev–Trinajstić information content (AvgIpc) is 3.43. The number of carbonyl (C=O) groups excluding carboxylic acids is 1. The maximum absolute atomic E-state index is 13.9. The maximum atomic E-state index is 13.9. The lowest BCUT2D eigenvalue weighted by Gasteiger charge is -2.46. The van der Waals surface area contributed by atoms with Crippen molar-refractivity contribution in [2.24, 2.45) is 0 Å². The van der Waals surface area contributed by atoms with Crippen LogP contribution in [0.1, 0.15) is 69.0 Å². The van der Waals surface area contributed by atoms with Crippen molar-refractivity contribution in [3.8, 4) is 0 Å². The largest absolute Gasteiger partial charge is 0.368 e. The third-order valence-corrected chi connectivity index (χ3v) is 7.66. The second-order valence-corrected chi connectivity index (χ2v) is 9.15. The lowest BCUT2D eigenvalue weighted by Crippen LogP contribution is -2.60. The van der Waals surface area contributed by atoms with E-state index in [0.29, 0.717) is 11.9 Å². The Morgan fingerprint density at radius 3 is 2.56 bits per heavy atom. The summed E-state index contributed by atoms with van der Waals surface area (Å²) in [6.07, 6.45) is 13.1. The van der Waals surface area contributed by atoms with E-state index in [9.17, 15) is 4.79 Å². The molecule has 4 aliphatic rings. The molecule has 2 aliphatic carbocycles. The fraction of sp³-hybridized carbons (Fsp3) is 0.762. The highest BCUT2D eigenvalue weighted by Gasteiger charge is 2.52. The molecule has 27 heavy (non-hydrogen) atoms. The van der Waals surface area contributed by atoms with Crippen LogP contribution in [0.2, 0.25) is 0 Å². The number of likely N-dealkylation sites (tertiary alicyclic amines) is 2. The molecule has 1 saturated carbocycles. The Hall–Kier alpha value is -1.69. The lowest BCUT2D eigenvalue weighted by atomic mass is 9.76. The minimum atomic E-state index is -0.221. The van der Waals surface area contributed by atoms with Crippen LogP contribution in [-0.2, 0) is 16.6 Å². The molecule has 1 aromatic rings. The van der Waals surface area contributed by atoms with Gasteiger partial charge in [0.1, 0.15) is 5.54 Å². The summed E-state index contributed by atoms with van der Waals surface area (Å²) in [4.78, 5) is 27.4. The summed E-state index contributed by atoms with van der Waals surface area (Å²) in [5, 5.41) is 0. The number of carbonyl (C=O) groups is 1. The highest BCUT2D eigenvalue weighted by atomic mass is 16.2. The molecule has 146 valence electrons. The van der Waals surface area contributed by atoms with Crippen LogP contribution in [0.4, 0.5) is 5.95 Å². The summed E-state index contributed by atoms with van der Waals surface area (Å²) >= 11 is 0. The van der Waals surface area contributed by atoms with Crippen LogP contribution in [0, 0.1) is 0 Å². The first kappa shape index (κ1) is 17.4. The highest BCUT2D eigenvalue weighted by Crippen LogP contribution is 2.46. The number of nitrogen functional groups attached to an aromatic ring is 1. The van der Waals surface area contributed by atoms with Crippen molar-refractivity contribution in [3.05, 3.63) is 17.5 Å². The van der Waals surface area contributed by atoms with Gasteiger partial charge in [-0.15, -0.1) is 0 Å². The Labute approximate surface area is 161 Å². The fourth-order valence-electron chi connectivity index (χ4n) is 6.32. The number of nitrogens with zero attached hydrogens (tertiary/aromatic N) is 4. The van der Waals surface area contributed by atoms with Gasteiger partial charge in [-0.2, -0.15) is 0 Å². The first-order chi connectivity index (χ1) is 13.1. The lowest BCUT2D eigenvalue weighted by molar-refractivity contribution is -0.146. The van der Waals surface area contributed by atoms with Gasteiger partial charge in [0.25, 0.3) is 0 Å². The normalized spacial score (nSPS) is 30.1. The number of anilines is 1. The van der Waals surface area contributed by atoms with E-state index in [1.807, 2.05) is 6.20 Å². The number of amides is 1. The summed E-state index contributed by atoms with van der Waals surface area (Å²) in [5.41, 5.74) is 8.03. The second-order valence-electron chi connectivity index (χ2n) is 9.15. The zero-order valence-corrected chi connectivity index (χ0v) is 16.3. The van der Waals surface area contributed by atoms with Gasteiger partial charge in [0.05, 0.1) is 5.69 Å². The van der Waals surface area contributed by atoms with Crippen molar-refractivity contribution in [1.29, 1.82) is 0 Å². The first-order valence-corrected chi connectivity index (χ1v) is 10.8. The number of hydrogen-bond acceptors (Lipinski definition) is 5. The molecule has 2 aliphatic heterocycles. The van der Waals surface area contributed by atoms with Crippen molar-refractivity contribution < 1.29 is 4.79 Å². The number of nitrogens with two attached hydrogens (primary N) is 1. The molecular weight excluding hydrogens is 338 g/mol. The van der Waals surface area contributed by atoms with Gasteiger partial charge in [0.2, 0.25) is 11.9 Å². The van der Waals surface area contributed by atoms with Crippen LogP contribution in [-0.4, -0.2) is 57.4 Å². The standard InChI is InChI=1S/C21H31N5O/c22-19-23-14-16-6-10-20(17(16)24-19)7-5-11-25(15-20)18(27)21(8-1-2-9-21)26-12-3-4-13-26/h14H,1-13,15H2,(H2,22,23,24). The molecule has 1 spiro atoms. The van der Waals surface area contributed by atoms with E-state index in [2.05, 4.69) is 19.8 Å². The zero-order valence-electron chi connectivity index (χ0n) is 16.3. The van der Waals surface area contributed by atoms with Crippen molar-refractivity contribution in [2.45, 2.75) is 75.2 Å². The first-order valence-electron chi connectivity index (χ1n) is 10.8. The molecule has 2 N–H and O–H groups in total. The summed E-state index contributed by atoms with van der Waals surface area (Å²) in [6, 6.07) is 0. The Balaban J connectivity index is 1.43. The molecule has 0 aromatic carbocycles. The second kappa shape index (κ2) is 6.43. The molecule has 0 radical (unpaired) electrons. The molecule has 1 unspecified atom stereocenters. The van der Waals surface area contributed by atoms with Crippen LogP contribution in [0.15, 0.2) is 6.20 Å². The molecule has 6 heteroatoms. The maximum Gasteiger partial charge on any atom is 0.243 e. The van der Waals surface area contributed by atoms with E-state index >= 15 is 0 Å². The van der Waals surface area contributed by atoms with Gasteiger partial charge >= 0.3 is 0 Å². The van der Waals surface area contributed by atoms with Crippen LogP contribution in [0.25, 0.3) is 0 Å². The molecule has 1 atom stereocenters. The Morgan fingerprint density at radius 2 is 1.78 bits per heavy atom. The van der Waals surface area contributed by atoms with Crippen LogP contribution in [0.3, 0.4) is 0 Å². The predicted molar refractivity (Wildman–Crippen MR) is 104 cm³/mol. The third kappa shape index (κ3) is 2.67. The van der Waals surface area contributed by atoms with E-state index in [1.54, 1.807) is 0 Å². The third-order valence-electron chi connectivity index (χ3n) is 7.66. The number of aryl methyl sites for hydroxylation is 1. The van der Waals surface area contributed by atoms with E-state index in [0.717, 1.165) is 70.4 Å². The molecule has 1 aromatic heterocycles. The van der Waals surface area contributed by atoms with E-state index in [-0.39, 0.29) is 11.0 Å². The Kier molecular flexibility index (Phi) is 4.15. The number of fused-ring (bicyclic) bond motifs is 2. The van der Waals surface area contributed by atoms with Crippen LogP contribution < -0.4 is 5.73 Å². The van der Waals surface area contributed by atoms with Crippen LogP contribution >= 0.6 is 0 Å². The summed E-state index contributed by atoms with van der Waals surface area (Å²) in [6.45, 7) is 3.89. The van der Waals surface area contributed by atoms with Gasteiger partial charge in [-0.05, 0) is 70.0 Å². The van der Waals surface area contributed by atoms with Gasteiger partial charge in [0, 0.05) is 24.7 Å². The SMILES string of the molecule is Nc1ncc2c(n1)C1(CCCN(C(=O)C3(N4CCCC4)CCCC3)C1)CC2. The highest BCUT2D eigenvalue weighted by molar-refractivity contribution is 5.87. The van der Waals surface area contributed by atoms with E-state index < -0.39 is 0 Å². The molecule has 0 bridgehead atoms. The molecular formula is C21H31N5O. The molecule has 1 amide bonds. The average molecular weight is 370 g/mol. The Bertz CT molecular complexity index is 734. The predicted octanol–water partition coefficient (Wildman–Crippen LogP) is 2.27. The fourth-order valence-corrected chi connectivity index (χ4v) is 6.32. The van der Waals surface area contributed by atoms with Gasteiger partial charge in [-0.1, -0.05) is 12.8 Å². The van der Waals surface area contributed by atoms with Gasteiger partial charge in [-0.25, -0.2) is 9.97 Å². The van der Waals surface area contributed by atoms with Gasteiger partial charge in [-0.3, -0.25) is 9.69 Å². The minimum Gasteiger partial charge on any atom is -0.368 e. The quantitative estimate of drug-likeness (QED) is 0.865. The number of aromatic nitrogens is 2. The van der Waals surface area contributed by atoms with Crippen molar-refractivity contribution in [3.63, 3.8) is 0 Å². The summed E-state index contributed by atoms with van der Waals surface area (Å²) < 4.78 is 0. The van der Waals surface area contributed by atoms with E-state index in [1.165, 1.54) is 31.2 Å². The molecule has 2 saturated heterocycles. The summed E-state index contributed by atoms with van der Waals surface area (Å²) in [7, 11) is 0. The van der Waals surface area contributed by atoms with Gasteiger partial charge in [0.15, 0.2) is 0 Å². The number of piperidine rings is 1. The molecule has 3 heterocycles. The molecule has 5 rings (SSSR count). The smallest absolute Gasteiger partial charge is 0.243 e. The summed E-state index contributed by atoms with van der Waals surface area (Å²) in [5.74, 6) is 0.763. The Morgan fingerprint density at radius 1 is 1.00 bits per heavy atom. The minimum absolute atomic E-state index is 0.00882. The number of rotatable bonds is 2. The van der Waals surface area contributed by atoms with Crippen molar-refractivity contribution >= 4 is 11.9 Å². The molecule has 6 nitrogen and oxygen atoms in total. The van der Waals surface area contributed by atoms with Crippen molar-refractivity contribution in [2.75, 3.05) is 31.9 Å². The van der Waals surface area contributed by atoms with E-state index in [4.69, 9.17) is 5.73 Å². The topological polar surface area (TPSA) is 75.3 Å². The number of hydrogen-bond donors (Lipinski definition) is 1. The van der Waals surface area contributed by atoms with Crippen LogP contribution in [0.5, 0.6) is 0 Å². The molecule has 3 fully saturated rings. The van der Waals surface area contributed by atoms with Gasteiger partial charge < -0.3 is 10.6 Å². The van der Waals surface area contributed by atoms with Crippen molar-refractivity contribution in [1.82, 2.24) is 19.8 Å². The monoisotopic (exact) mass is 369 g/mol.